The molecule has 0 saturated carbocycles. The minimum atomic E-state index is -1.38. The maximum Gasteiger partial charge on any atom is 0.326 e. The molecule has 0 fully saturated rings. The van der Waals surface area contributed by atoms with Crippen molar-refractivity contribution in [2.45, 2.75) is 75.5 Å². The van der Waals surface area contributed by atoms with Crippen LogP contribution in [0.3, 0.4) is 0 Å². The van der Waals surface area contributed by atoms with Crippen molar-refractivity contribution in [2.24, 2.45) is 27.9 Å². The normalized spacial score (nSPS) is 13.6. The topological polar surface area (TPSA) is 278 Å². The maximum atomic E-state index is 13.2. The predicted octanol–water partition coefficient (Wildman–Crippen LogP) is -1.86. The van der Waals surface area contributed by atoms with E-state index in [0.29, 0.717) is 19.4 Å². The van der Waals surface area contributed by atoms with Crippen molar-refractivity contribution in [2.75, 3.05) is 13.1 Å². The number of nitrogens with two attached hydrogens (primary N) is 4. The van der Waals surface area contributed by atoms with Gasteiger partial charge >= 0.3 is 11.9 Å². The minimum Gasteiger partial charge on any atom is -0.481 e. The highest BCUT2D eigenvalue weighted by Gasteiger charge is 2.30. The average Bonchev–Trinajstić information content (AvgIpc) is 2.91. The molecule has 0 spiro atoms. The van der Waals surface area contributed by atoms with Crippen LogP contribution in [0, 0.1) is 0 Å². The lowest BCUT2D eigenvalue weighted by Crippen LogP contribution is -2.57. The summed E-state index contributed by atoms with van der Waals surface area (Å²) in [6.07, 6.45) is 0.881. The van der Waals surface area contributed by atoms with E-state index in [2.05, 4.69) is 20.9 Å². The number of hydrogen-bond donors (Lipinski definition) is 9. The number of guanidine groups is 1. The zero-order chi connectivity index (χ0) is 30.8. The molecule has 4 atom stereocenters. The van der Waals surface area contributed by atoms with E-state index in [9.17, 15) is 29.1 Å². The van der Waals surface area contributed by atoms with Gasteiger partial charge in [-0.15, -0.1) is 0 Å². The molecule has 0 aliphatic rings. The van der Waals surface area contributed by atoms with Crippen LogP contribution in [0.15, 0.2) is 35.3 Å². The van der Waals surface area contributed by atoms with Gasteiger partial charge in [-0.25, -0.2) is 4.79 Å². The lowest BCUT2D eigenvalue weighted by Gasteiger charge is -2.25. The van der Waals surface area contributed by atoms with Gasteiger partial charge in [-0.05, 0) is 57.1 Å². The van der Waals surface area contributed by atoms with Crippen LogP contribution < -0.4 is 38.9 Å². The van der Waals surface area contributed by atoms with Crippen LogP contribution in [0.2, 0.25) is 0 Å². The zero-order valence-electron chi connectivity index (χ0n) is 23.0. The number of carboxylic acid groups (broad SMARTS) is 2. The maximum absolute atomic E-state index is 13.2. The van der Waals surface area contributed by atoms with Gasteiger partial charge in [0.05, 0.1) is 6.04 Å². The summed E-state index contributed by atoms with van der Waals surface area (Å²) in [6, 6.07) is 4.31. The Kier molecular flexibility index (Phi) is 16.1. The summed E-state index contributed by atoms with van der Waals surface area (Å²) < 4.78 is 0. The number of hydrogen-bond acceptors (Lipinski definition) is 8. The standard InChI is InChI=1S/C26H42N8O7/c27-13-5-4-9-18(32-22(37)17(28)15-16-7-2-1-3-8-16)23(38)33-19(11-12-21(35)36)24(39)34-20(25(40)41)10-6-14-31-26(29)30/h1-3,7-8,17-20H,4-6,9-15,27-28H2,(H,32,37)(H,33,38)(H,34,39)(H,35,36)(H,40,41)(H4,29,30,31). The fourth-order valence-electron chi connectivity index (χ4n) is 3.84. The number of nitrogens with zero attached hydrogens (tertiary/aromatic N) is 1. The van der Waals surface area contributed by atoms with Crippen LogP contribution >= 0.6 is 0 Å². The van der Waals surface area contributed by atoms with E-state index in [1.165, 1.54) is 0 Å². The molecule has 0 heterocycles. The molecule has 15 heteroatoms. The summed E-state index contributed by atoms with van der Waals surface area (Å²) in [7, 11) is 0. The molecule has 4 unspecified atom stereocenters. The molecule has 13 N–H and O–H groups in total. The first kappa shape index (κ1) is 34.8. The number of aliphatic imine (C=N–C) groups is 1. The fraction of sp³-hybridized carbons (Fsp3) is 0.538. The van der Waals surface area contributed by atoms with Gasteiger partial charge in [-0.1, -0.05) is 30.3 Å². The third-order valence-electron chi connectivity index (χ3n) is 6.05. The third kappa shape index (κ3) is 14.6. The second kappa shape index (κ2) is 18.9. The van der Waals surface area contributed by atoms with Gasteiger partial charge in [-0.2, -0.15) is 0 Å². The van der Waals surface area contributed by atoms with E-state index in [1.807, 2.05) is 30.3 Å². The van der Waals surface area contributed by atoms with E-state index in [0.717, 1.165) is 5.56 Å². The van der Waals surface area contributed by atoms with Crippen LogP contribution in [0.5, 0.6) is 0 Å². The number of aliphatic carboxylic acids is 2. The molecular weight excluding hydrogens is 536 g/mol. The molecule has 228 valence electrons. The molecule has 0 saturated heterocycles. The van der Waals surface area contributed by atoms with E-state index in [4.69, 9.17) is 28.0 Å². The molecule has 1 rings (SSSR count). The number of carbonyl (C=O) groups is 5. The van der Waals surface area contributed by atoms with Crippen molar-refractivity contribution in [3.8, 4) is 0 Å². The molecule has 0 radical (unpaired) electrons. The van der Waals surface area contributed by atoms with Crippen LogP contribution in [0.25, 0.3) is 0 Å². The Labute approximate surface area is 238 Å². The molecule has 1 aromatic carbocycles. The van der Waals surface area contributed by atoms with E-state index < -0.39 is 60.2 Å². The molecule has 0 bridgehead atoms. The number of unbranched alkanes of at least 4 members (excludes halogenated alkanes) is 1. The first-order valence-electron chi connectivity index (χ1n) is 13.3. The summed E-state index contributed by atoms with van der Waals surface area (Å²) in [6.45, 7) is 0.497. The highest BCUT2D eigenvalue weighted by atomic mass is 16.4. The van der Waals surface area contributed by atoms with Gasteiger partial charge in [0.2, 0.25) is 17.7 Å². The van der Waals surface area contributed by atoms with Gasteiger partial charge in [0, 0.05) is 13.0 Å². The number of amides is 3. The molecular formula is C26H42N8O7. The van der Waals surface area contributed by atoms with Crippen LogP contribution in [-0.4, -0.2) is 83.1 Å². The molecule has 15 nitrogen and oxygen atoms in total. The number of carbonyl (C=O) groups excluding carboxylic acids is 3. The lowest BCUT2D eigenvalue weighted by atomic mass is 10.0. The Balaban J connectivity index is 2.98. The summed E-state index contributed by atoms with van der Waals surface area (Å²) in [5.74, 6) is -4.92. The van der Waals surface area contributed by atoms with Gasteiger partial charge in [-0.3, -0.25) is 24.2 Å². The lowest BCUT2D eigenvalue weighted by molar-refractivity contribution is -0.143. The van der Waals surface area contributed by atoms with Crippen molar-refractivity contribution in [1.82, 2.24) is 16.0 Å². The van der Waals surface area contributed by atoms with Gasteiger partial charge in [0.15, 0.2) is 5.96 Å². The van der Waals surface area contributed by atoms with E-state index in [1.54, 1.807) is 0 Å². The third-order valence-corrected chi connectivity index (χ3v) is 6.05. The smallest absolute Gasteiger partial charge is 0.326 e. The van der Waals surface area contributed by atoms with Crippen LogP contribution in [-0.2, 0) is 30.4 Å². The van der Waals surface area contributed by atoms with Gasteiger partial charge in [0.25, 0.3) is 0 Å². The van der Waals surface area contributed by atoms with Gasteiger partial charge < -0.3 is 49.1 Å². The van der Waals surface area contributed by atoms with E-state index >= 15 is 0 Å². The summed E-state index contributed by atoms with van der Waals surface area (Å²) in [4.78, 5) is 65.7. The first-order chi connectivity index (χ1) is 19.4. The van der Waals surface area contributed by atoms with Crippen molar-refractivity contribution >= 4 is 35.6 Å². The molecule has 1 aromatic rings. The predicted molar refractivity (Wildman–Crippen MR) is 151 cm³/mol. The summed E-state index contributed by atoms with van der Waals surface area (Å²) >= 11 is 0. The first-order valence-corrected chi connectivity index (χ1v) is 13.3. The highest BCUT2D eigenvalue weighted by Crippen LogP contribution is 2.08. The van der Waals surface area contributed by atoms with E-state index in [-0.39, 0.29) is 44.6 Å². The number of rotatable bonds is 20. The van der Waals surface area contributed by atoms with Crippen LogP contribution in [0.4, 0.5) is 0 Å². The number of carboxylic acids is 2. The molecule has 3 amide bonds. The second-order valence-electron chi connectivity index (χ2n) is 9.48. The molecule has 41 heavy (non-hydrogen) atoms. The second-order valence-corrected chi connectivity index (χ2v) is 9.48. The number of nitrogens with one attached hydrogen (secondary N) is 3. The summed E-state index contributed by atoms with van der Waals surface area (Å²) in [5.41, 5.74) is 23.0. The average molecular weight is 579 g/mol. The molecule has 0 aliphatic carbocycles. The van der Waals surface area contributed by atoms with Crippen molar-refractivity contribution in [3.05, 3.63) is 35.9 Å². The SMILES string of the molecule is NCCCCC(NC(=O)C(N)Cc1ccccc1)C(=O)NC(CCC(=O)O)C(=O)NC(CCCN=C(N)N)C(=O)O. The summed E-state index contributed by atoms with van der Waals surface area (Å²) in [5, 5.41) is 26.1. The van der Waals surface area contributed by atoms with Crippen molar-refractivity contribution in [3.63, 3.8) is 0 Å². The monoisotopic (exact) mass is 578 g/mol. The van der Waals surface area contributed by atoms with Crippen LogP contribution in [0.1, 0.15) is 50.5 Å². The van der Waals surface area contributed by atoms with Crippen molar-refractivity contribution in [1.29, 1.82) is 0 Å². The Bertz CT molecular complexity index is 1030. The Hall–Kier alpha value is -4.24. The Morgan fingerprint density at radius 2 is 1.34 bits per heavy atom. The van der Waals surface area contributed by atoms with Gasteiger partial charge in [0.1, 0.15) is 18.1 Å². The van der Waals surface area contributed by atoms with Crippen molar-refractivity contribution < 1.29 is 34.2 Å². The molecule has 0 aromatic heterocycles. The fourth-order valence-corrected chi connectivity index (χ4v) is 3.84. The minimum absolute atomic E-state index is 0.0193. The highest BCUT2D eigenvalue weighted by molar-refractivity contribution is 5.94. The largest absolute Gasteiger partial charge is 0.481 e. The Morgan fingerprint density at radius 1 is 0.780 bits per heavy atom. The number of benzene rings is 1. The zero-order valence-corrected chi connectivity index (χ0v) is 23.0. The molecule has 0 aliphatic heterocycles. The quantitative estimate of drug-likeness (QED) is 0.0470. The Morgan fingerprint density at radius 3 is 1.90 bits per heavy atom.